The summed E-state index contributed by atoms with van der Waals surface area (Å²) >= 11 is 0. The van der Waals surface area contributed by atoms with Gasteiger partial charge in [0.05, 0.1) is 25.6 Å². The van der Waals surface area contributed by atoms with Gasteiger partial charge in [0.2, 0.25) is 59.1 Å². The summed E-state index contributed by atoms with van der Waals surface area (Å²) in [4.78, 5) is 156. The molecule has 1 heterocycles. The van der Waals surface area contributed by atoms with E-state index in [1.807, 2.05) is 0 Å². The number of benzene rings is 1. The highest BCUT2D eigenvalue weighted by atomic mass is 16.4. The Morgan fingerprint density at radius 3 is 1.82 bits per heavy atom. The molecule has 74 heavy (non-hydrogen) atoms. The van der Waals surface area contributed by atoms with Crippen molar-refractivity contribution >= 4 is 71.0 Å². The highest BCUT2D eigenvalue weighted by Crippen LogP contribution is 2.21. The average molecular weight is 1050 g/mol. The van der Waals surface area contributed by atoms with Crippen LogP contribution in [0.2, 0.25) is 0 Å². The van der Waals surface area contributed by atoms with E-state index in [2.05, 4.69) is 42.5 Å². The fourth-order valence-electron chi connectivity index (χ4n) is 7.70. The quantitative estimate of drug-likeness (QED) is 0.0307. The van der Waals surface area contributed by atoms with Gasteiger partial charge in [0, 0.05) is 13.0 Å². The average Bonchev–Trinajstić information content (AvgIpc) is 3.82. The molecule has 412 valence electrons. The van der Waals surface area contributed by atoms with E-state index in [0.29, 0.717) is 24.8 Å². The monoisotopic (exact) mass is 1050 g/mol. The molecule has 1 aliphatic heterocycles. The molecule has 10 amide bonds. The van der Waals surface area contributed by atoms with Crippen molar-refractivity contribution in [2.24, 2.45) is 29.0 Å². The lowest BCUT2D eigenvalue weighted by Gasteiger charge is -2.30. The molecule has 17 N–H and O–H groups in total. The molecule has 0 aromatic heterocycles. The minimum Gasteiger partial charge on any atom is -0.508 e. The number of carbonyl (C=O) groups is 12. The van der Waals surface area contributed by atoms with E-state index in [0.717, 1.165) is 4.90 Å². The predicted molar refractivity (Wildman–Crippen MR) is 263 cm³/mol. The van der Waals surface area contributed by atoms with E-state index in [4.69, 9.17) is 17.2 Å². The molecular formula is C47H74N12O15. The third-order valence-corrected chi connectivity index (χ3v) is 11.7. The van der Waals surface area contributed by atoms with Crippen molar-refractivity contribution in [2.75, 3.05) is 26.2 Å². The molecule has 0 saturated carbocycles. The summed E-state index contributed by atoms with van der Waals surface area (Å²) in [5.74, 6) is -11.9. The second-order valence-electron chi connectivity index (χ2n) is 18.8. The smallest absolute Gasteiger partial charge is 0.305 e. The predicted octanol–water partition coefficient (Wildman–Crippen LogP) is -3.93. The Labute approximate surface area is 428 Å². The first-order valence-electron chi connectivity index (χ1n) is 24.4. The largest absolute Gasteiger partial charge is 0.508 e. The first-order valence-corrected chi connectivity index (χ1v) is 24.4. The number of primary amides is 1. The van der Waals surface area contributed by atoms with Gasteiger partial charge in [-0.3, -0.25) is 57.5 Å². The SMILES string of the molecule is CC(C)CC(NC(=O)C(CCCCN)NC(=O)C1CCCN1C(=O)C(CCC(=O)O)NC(=O)CNC(=O)C(N)Cc1ccc(O)cc1)C(=O)NC(CC(=O)O)C(=O)NC(C)C(=O)NCC(=O)NC(C(N)=O)C(C)C. The Bertz CT molecular complexity index is 2160. The molecule has 1 fully saturated rings. The zero-order valence-corrected chi connectivity index (χ0v) is 42.4. The maximum atomic E-state index is 14.0. The van der Waals surface area contributed by atoms with Gasteiger partial charge in [-0.2, -0.15) is 0 Å². The van der Waals surface area contributed by atoms with Crippen LogP contribution in [0.5, 0.6) is 5.75 Å². The van der Waals surface area contributed by atoms with E-state index in [9.17, 15) is 72.9 Å². The van der Waals surface area contributed by atoms with Gasteiger partial charge in [-0.25, -0.2) is 0 Å². The van der Waals surface area contributed by atoms with Gasteiger partial charge in [-0.1, -0.05) is 39.8 Å². The van der Waals surface area contributed by atoms with Crippen LogP contribution in [0.1, 0.15) is 98.0 Å². The van der Waals surface area contributed by atoms with Crippen LogP contribution in [0.4, 0.5) is 0 Å². The van der Waals surface area contributed by atoms with Crippen molar-refractivity contribution in [3.05, 3.63) is 29.8 Å². The number of carboxylic acid groups (broad SMARTS) is 2. The number of hydrogen-bond acceptors (Lipinski definition) is 15. The molecular weight excluding hydrogens is 973 g/mol. The Morgan fingerprint density at radius 1 is 0.676 bits per heavy atom. The molecule has 0 spiro atoms. The highest BCUT2D eigenvalue weighted by molar-refractivity contribution is 5.99. The van der Waals surface area contributed by atoms with Crippen molar-refractivity contribution in [3.63, 3.8) is 0 Å². The normalized spacial score (nSPS) is 16.0. The topological polar surface area (TPSA) is 443 Å². The standard InChI is InChI=1S/C47H74N12O15/c1-24(2)19-32(45(72)57-33(21-38(65)66)44(71)53-26(5)41(68)51-23-36(62)58-39(25(3)4)40(50)67)56-43(70)30(9-6-7-17-48)55-46(73)34-10-8-18-59(34)47(74)31(15-16-37(63)64)54-35(61)22-52-42(69)29(49)20-27-11-13-28(60)14-12-27/h11-14,24-26,29-34,39,60H,6-10,15-23,48-49H2,1-5H3,(H2,50,67)(H,51,68)(H,52,69)(H,53,71)(H,54,61)(H,55,73)(H,56,70)(H,57,72)(H,58,62)(H,63,64)(H,65,66). The Hall–Kier alpha value is -7.42. The van der Waals surface area contributed by atoms with Gasteiger partial charge in [-0.05, 0) is 94.4 Å². The van der Waals surface area contributed by atoms with Crippen LogP contribution in [0.25, 0.3) is 0 Å². The second kappa shape index (κ2) is 31.2. The van der Waals surface area contributed by atoms with Crippen LogP contribution >= 0.6 is 0 Å². The Balaban J connectivity index is 2.21. The molecule has 1 aliphatic rings. The summed E-state index contributed by atoms with van der Waals surface area (Å²) in [6.45, 7) is 6.96. The van der Waals surface area contributed by atoms with Crippen molar-refractivity contribution in [3.8, 4) is 5.75 Å². The number of amides is 10. The number of carbonyl (C=O) groups excluding carboxylic acids is 10. The summed E-state index contributed by atoms with van der Waals surface area (Å²) in [5.41, 5.74) is 17.6. The number of aromatic hydroxyl groups is 1. The van der Waals surface area contributed by atoms with Gasteiger partial charge in [0.1, 0.15) is 48.0 Å². The molecule has 2 rings (SSSR count). The van der Waals surface area contributed by atoms with E-state index in [1.165, 1.54) is 19.1 Å². The molecule has 8 unspecified atom stereocenters. The van der Waals surface area contributed by atoms with E-state index in [1.54, 1.807) is 39.8 Å². The fourth-order valence-corrected chi connectivity index (χ4v) is 7.70. The maximum absolute atomic E-state index is 14.0. The number of hydrogen-bond donors (Lipinski definition) is 14. The van der Waals surface area contributed by atoms with Crippen molar-refractivity contribution < 1.29 is 72.9 Å². The number of rotatable bonds is 32. The summed E-state index contributed by atoms with van der Waals surface area (Å²) in [7, 11) is 0. The third-order valence-electron chi connectivity index (χ3n) is 11.7. The van der Waals surface area contributed by atoms with Crippen LogP contribution in [-0.2, 0) is 64.0 Å². The Kier molecular flexibility index (Phi) is 26.5. The number of phenols is 1. The van der Waals surface area contributed by atoms with Gasteiger partial charge < -0.3 is 80.0 Å². The summed E-state index contributed by atoms with van der Waals surface area (Å²) in [6.07, 6.45) is -0.707. The van der Waals surface area contributed by atoms with Gasteiger partial charge in [0.25, 0.3) is 0 Å². The number of unbranched alkanes of at least 4 members (excludes halogenated alkanes) is 1. The summed E-state index contributed by atoms with van der Waals surface area (Å²) in [6, 6.07) is -4.64. The summed E-state index contributed by atoms with van der Waals surface area (Å²) < 4.78 is 0. The molecule has 8 atom stereocenters. The van der Waals surface area contributed by atoms with Crippen LogP contribution in [0.15, 0.2) is 24.3 Å². The molecule has 1 aromatic carbocycles. The molecule has 27 heteroatoms. The fraction of sp³-hybridized carbons (Fsp3) is 0.617. The first kappa shape index (κ1) is 62.7. The van der Waals surface area contributed by atoms with Crippen molar-refractivity contribution in [2.45, 2.75) is 147 Å². The lowest BCUT2D eigenvalue weighted by atomic mass is 10.0. The molecule has 0 radical (unpaired) electrons. The molecule has 27 nitrogen and oxygen atoms in total. The molecule has 1 saturated heterocycles. The molecule has 1 aromatic rings. The highest BCUT2D eigenvalue weighted by Gasteiger charge is 2.40. The van der Waals surface area contributed by atoms with Gasteiger partial charge in [-0.15, -0.1) is 0 Å². The minimum absolute atomic E-state index is 0.00216. The van der Waals surface area contributed by atoms with Gasteiger partial charge >= 0.3 is 11.9 Å². The zero-order valence-electron chi connectivity index (χ0n) is 42.4. The van der Waals surface area contributed by atoms with Crippen LogP contribution in [-0.4, -0.2) is 166 Å². The molecule has 0 bridgehead atoms. The zero-order chi connectivity index (χ0) is 55.8. The van der Waals surface area contributed by atoms with Crippen LogP contribution < -0.4 is 59.7 Å². The summed E-state index contributed by atoms with van der Waals surface area (Å²) in [5, 5.41) is 47.9. The van der Waals surface area contributed by atoms with E-state index >= 15 is 0 Å². The van der Waals surface area contributed by atoms with E-state index < -0.39 is 145 Å². The van der Waals surface area contributed by atoms with Crippen molar-refractivity contribution in [1.29, 1.82) is 0 Å². The molecule has 0 aliphatic carbocycles. The van der Waals surface area contributed by atoms with Crippen molar-refractivity contribution in [1.82, 2.24) is 47.4 Å². The first-order chi connectivity index (χ1) is 34.7. The number of nitrogens with zero attached hydrogens (tertiary/aromatic N) is 1. The Morgan fingerprint density at radius 2 is 1.26 bits per heavy atom. The van der Waals surface area contributed by atoms with E-state index in [-0.39, 0.29) is 62.8 Å². The number of carboxylic acids is 2. The number of nitrogens with two attached hydrogens (primary N) is 3. The maximum Gasteiger partial charge on any atom is 0.305 e. The lowest BCUT2D eigenvalue weighted by Crippen LogP contribution is -2.60. The number of nitrogens with one attached hydrogen (secondary N) is 8. The minimum atomic E-state index is -1.78. The van der Waals surface area contributed by atoms with Gasteiger partial charge in [0.15, 0.2) is 0 Å². The third kappa shape index (κ3) is 22.1. The number of aliphatic carboxylic acids is 2. The number of phenolic OH excluding ortho intramolecular Hbond substituents is 1. The second-order valence-corrected chi connectivity index (χ2v) is 18.8. The number of likely N-dealkylation sites (tertiary alicyclic amines) is 1. The van der Waals surface area contributed by atoms with Crippen LogP contribution in [0.3, 0.4) is 0 Å². The van der Waals surface area contributed by atoms with Crippen LogP contribution in [0, 0.1) is 11.8 Å². The lowest BCUT2D eigenvalue weighted by molar-refractivity contribution is -0.143.